The van der Waals surface area contributed by atoms with Gasteiger partial charge in [-0.15, -0.1) is 11.8 Å². The third-order valence-corrected chi connectivity index (χ3v) is 4.63. The highest BCUT2D eigenvalue weighted by Gasteiger charge is 2.27. The summed E-state index contributed by atoms with van der Waals surface area (Å²) in [7, 11) is 0. The maximum Gasteiger partial charge on any atom is 0.240 e. The van der Waals surface area contributed by atoms with Gasteiger partial charge < -0.3 is 4.74 Å². The fraction of sp³-hybridized carbons (Fsp3) is 0.500. The van der Waals surface area contributed by atoms with Crippen molar-refractivity contribution in [1.82, 2.24) is 5.32 Å². The van der Waals surface area contributed by atoms with Crippen LogP contribution in [0.15, 0.2) is 29.2 Å². The lowest BCUT2D eigenvalue weighted by Gasteiger charge is -2.20. The van der Waals surface area contributed by atoms with Crippen molar-refractivity contribution in [2.45, 2.75) is 42.8 Å². The molecule has 0 saturated carbocycles. The summed E-state index contributed by atoms with van der Waals surface area (Å²) in [5.41, 5.74) is 1.28. The summed E-state index contributed by atoms with van der Waals surface area (Å²) in [4.78, 5) is 23.9. The zero-order valence-electron chi connectivity index (χ0n) is 12.3. The van der Waals surface area contributed by atoms with Crippen molar-refractivity contribution in [2.75, 3.05) is 13.2 Å². The molecular weight excluding hydrogens is 286 g/mol. The number of hydrogen-bond donors (Lipinski definition) is 1. The molecule has 21 heavy (non-hydrogen) atoms. The minimum atomic E-state index is -0.169. The molecule has 2 rings (SSSR count). The van der Waals surface area contributed by atoms with Crippen LogP contribution >= 0.6 is 11.8 Å². The van der Waals surface area contributed by atoms with Gasteiger partial charge in [-0.3, -0.25) is 14.9 Å². The van der Waals surface area contributed by atoms with Gasteiger partial charge in [-0.2, -0.15) is 0 Å². The maximum atomic E-state index is 11.7. The molecule has 1 aliphatic heterocycles. The molecule has 0 aromatic heterocycles. The molecule has 0 aliphatic carbocycles. The van der Waals surface area contributed by atoms with E-state index in [0.717, 1.165) is 31.0 Å². The first-order chi connectivity index (χ1) is 10.2. The topological polar surface area (TPSA) is 55.4 Å². The lowest BCUT2D eigenvalue weighted by molar-refractivity contribution is -0.132. The van der Waals surface area contributed by atoms with Gasteiger partial charge in [0.25, 0.3) is 0 Å². The Hall–Kier alpha value is -1.33. The SMILES string of the molecule is CCOCCCc1ccc(SC2CCC(=O)NC2=O)cc1. The van der Waals surface area contributed by atoms with Crippen LogP contribution in [-0.4, -0.2) is 30.3 Å². The number of nitrogens with one attached hydrogen (secondary N) is 1. The molecule has 4 nitrogen and oxygen atoms in total. The van der Waals surface area contributed by atoms with Crippen LogP contribution in [0.4, 0.5) is 0 Å². The van der Waals surface area contributed by atoms with Crippen molar-refractivity contribution >= 4 is 23.6 Å². The zero-order valence-corrected chi connectivity index (χ0v) is 13.1. The first-order valence-electron chi connectivity index (χ1n) is 7.36. The number of benzene rings is 1. The Morgan fingerprint density at radius 3 is 2.71 bits per heavy atom. The standard InChI is InChI=1S/C16H21NO3S/c1-2-20-11-3-4-12-5-7-13(8-6-12)21-14-9-10-15(18)17-16(14)19/h5-8,14H,2-4,9-11H2,1H3,(H,17,18,19). The molecule has 1 saturated heterocycles. The monoisotopic (exact) mass is 307 g/mol. The van der Waals surface area contributed by atoms with Crippen LogP contribution in [0.25, 0.3) is 0 Å². The molecule has 0 spiro atoms. The lowest BCUT2D eigenvalue weighted by atomic mass is 10.1. The van der Waals surface area contributed by atoms with E-state index in [1.54, 1.807) is 0 Å². The van der Waals surface area contributed by atoms with Crippen molar-refractivity contribution in [3.8, 4) is 0 Å². The number of ether oxygens (including phenoxy) is 1. The van der Waals surface area contributed by atoms with E-state index in [-0.39, 0.29) is 17.1 Å². The fourth-order valence-corrected chi connectivity index (χ4v) is 3.23. The van der Waals surface area contributed by atoms with Crippen molar-refractivity contribution in [1.29, 1.82) is 0 Å². The third kappa shape index (κ3) is 5.17. The van der Waals surface area contributed by atoms with E-state index in [9.17, 15) is 9.59 Å². The van der Waals surface area contributed by atoms with Gasteiger partial charge in [0.15, 0.2) is 0 Å². The van der Waals surface area contributed by atoms with Crippen LogP contribution in [-0.2, 0) is 20.7 Å². The molecular formula is C16H21NO3S. The summed E-state index contributed by atoms with van der Waals surface area (Å²) in [6, 6.07) is 8.29. The first kappa shape index (κ1) is 16.0. The van der Waals surface area contributed by atoms with Gasteiger partial charge >= 0.3 is 0 Å². The zero-order chi connectivity index (χ0) is 15.1. The number of aryl methyl sites for hydroxylation is 1. The van der Waals surface area contributed by atoms with E-state index in [1.165, 1.54) is 17.3 Å². The van der Waals surface area contributed by atoms with Crippen LogP contribution in [0, 0.1) is 0 Å². The quantitative estimate of drug-likeness (QED) is 0.621. The Balaban J connectivity index is 1.82. The highest BCUT2D eigenvalue weighted by Crippen LogP contribution is 2.28. The number of hydrogen-bond acceptors (Lipinski definition) is 4. The summed E-state index contributed by atoms with van der Waals surface area (Å²) in [6.07, 6.45) is 3.07. The molecule has 2 amide bonds. The van der Waals surface area contributed by atoms with Gasteiger partial charge in [0.1, 0.15) is 0 Å². The van der Waals surface area contributed by atoms with Crippen LogP contribution in [0.3, 0.4) is 0 Å². The van der Waals surface area contributed by atoms with Crippen molar-refractivity contribution in [3.63, 3.8) is 0 Å². The van der Waals surface area contributed by atoms with Crippen molar-refractivity contribution < 1.29 is 14.3 Å². The second-order valence-corrected chi connectivity index (χ2v) is 6.28. The molecule has 5 heteroatoms. The lowest BCUT2D eigenvalue weighted by Crippen LogP contribution is -2.42. The van der Waals surface area contributed by atoms with E-state index in [0.29, 0.717) is 12.8 Å². The van der Waals surface area contributed by atoms with Crippen molar-refractivity contribution in [2.24, 2.45) is 0 Å². The van der Waals surface area contributed by atoms with E-state index in [2.05, 4.69) is 17.4 Å². The van der Waals surface area contributed by atoms with Gasteiger partial charge in [-0.05, 0) is 43.9 Å². The van der Waals surface area contributed by atoms with Crippen LogP contribution in [0.2, 0.25) is 0 Å². The summed E-state index contributed by atoms with van der Waals surface area (Å²) in [5.74, 6) is -0.335. The Morgan fingerprint density at radius 2 is 2.05 bits per heavy atom. The van der Waals surface area contributed by atoms with Gasteiger partial charge in [-0.25, -0.2) is 0 Å². The van der Waals surface area contributed by atoms with E-state index >= 15 is 0 Å². The van der Waals surface area contributed by atoms with Gasteiger partial charge in [0, 0.05) is 24.5 Å². The van der Waals surface area contributed by atoms with E-state index in [4.69, 9.17) is 4.74 Å². The second kappa shape index (κ2) is 8.20. The molecule has 1 aromatic rings. The minimum absolute atomic E-state index is 0.161. The Kier molecular flexibility index (Phi) is 6.26. The summed E-state index contributed by atoms with van der Waals surface area (Å²) in [6.45, 7) is 3.56. The molecule has 1 aliphatic rings. The predicted molar refractivity (Wildman–Crippen MR) is 83.3 cm³/mol. The van der Waals surface area contributed by atoms with Crippen LogP contribution < -0.4 is 5.32 Å². The highest BCUT2D eigenvalue weighted by molar-refractivity contribution is 8.00. The average molecular weight is 307 g/mol. The minimum Gasteiger partial charge on any atom is -0.382 e. The molecule has 0 bridgehead atoms. The molecule has 0 radical (unpaired) electrons. The predicted octanol–water partition coefficient (Wildman–Crippen LogP) is 2.55. The van der Waals surface area contributed by atoms with Gasteiger partial charge in [-0.1, -0.05) is 12.1 Å². The number of piperidine rings is 1. The number of amides is 2. The number of imide groups is 1. The molecule has 1 atom stereocenters. The van der Waals surface area contributed by atoms with Crippen molar-refractivity contribution in [3.05, 3.63) is 29.8 Å². The Labute approximate surface area is 129 Å². The normalized spacial score (nSPS) is 18.6. The number of rotatable bonds is 7. The Bertz CT molecular complexity index is 487. The summed E-state index contributed by atoms with van der Waals surface area (Å²) in [5, 5.41) is 2.23. The molecule has 1 unspecified atom stereocenters. The number of thioether (sulfide) groups is 1. The fourth-order valence-electron chi connectivity index (χ4n) is 2.21. The Morgan fingerprint density at radius 1 is 1.29 bits per heavy atom. The molecule has 1 N–H and O–H groups in total. The molecule has 1 fully saturated rings. The average Bonchev–Trinajstić information content (AvgIpc) is 2.48. The summed E-state index contributed by atoms with van der Waals surface area (Å²) < 4.78 is 5.32. The van der Waals surface area contributed by atoms with Crippen LogP contribution in [0.1, 0.15) is 31.7 Å². The second-order valence-electron chi connectivity index (χ2n) is 5.00. The molecule has 114 valence electrons. The first-order valence-corrected chi connectivity index (χ1v) is 8.24. The number of carbonyl (C=O) groups excluding carboxylic acids is 2. The van der Waals surface area contributed by atoms with Crippen LogP contribution in [0.5, 0.6) is 0 Å². The molecule has 1 aromatic carbocycles. The van der Waals surface area contributed by atoms with Gasteiger partial charge in [0.05, 0.1) is 5.25 Å². The van der Waals surface area contributed by atoms with Gasteiger partial charge in [0.2, 0.25) is 11.8 Å². The maximum absolute atomic E-state index is 11.7. The highest BCUT2D eigenvalue weighted by atomic mass is 32.2. The van der Waals surface area contributed by atoms with E-state index in [1.807, 2.05) is 19.1 Å². The summed E-state index contributed by atoms with van der Waals surface area (Å²) >= 11 is 1.53. The molecule has 1 heterocycles. The third-order valence-electron chi connectivity index (χ3n) is 3.35. The number of carbonyl (C=O) groups is 2. The van der Waals surface area contributed by atoms with E-state index < -0.39 is 0 Å². The smallest absolute Gasteiger partial charge is 0.240 e. The largest absolute Gasteiger partial charge is 0.382 e.